The van der Waals surface area contributed by atoms with Gasteiger partial charge in [-0.1, -0.05) is 146 Å². The van der Waals surface area contributed by atoms with Gasteiger partial charge in [0.2, 0.25) is 0 Å². The Labute approximate surface area is 297 Å². The summed E-state index contributed by atoms with van der Waals surface area (Å²) in [6.07, 6.45) is 0. The van der Waals surface area contributed by atoms with Crippen molar-refractivity contribution < 1.29 is 6.85 Å². The minimum Gasteiger partial charge on any atom is -0.309 e. The summed E-state index contributed by atoms with van der Waals surface area (Å²) in [5.74, 6) is 0. The predicted molar refractivity (Wildman–Crippen MR) is 211 cm³/mol. The minimum absolute atomic E-state index is 0.118. The summed E-state index contributed by atoms with van der Waals surface area (Å²) >= 11 is 0. The molecule has 50 heavy (non-hydrogen) atoms. The summed E-state index contributed by atoms with van der Waals surface area (Å²) in [5.41, 5.74) is 11.0. The highest BCUT2D eigenvalue weighted by atomic mass is 15.0. The molecule has 8 aromatic carbocycles. The third-order valence-corrected chi connectivity index (χ3v) is 9.82. The van der Waals surface area contributed by atoms with Crippen molar-refractivity contribution in [3.05, 3.63) is 194 Å². The standard InChI is InChI=1S/C48H32N2/c1-4-15-33(16-5-1)38-23-14-24-39(34-17-6-2-7-18-34)48(38)35-27-29-42-43-32-37(28-30-46(43)49(47(42)31-35)36-19-8-3-9-20-36)50-44-25-12-10-21-40(44)41-22-11-13-26-45(41)50/h1-32H/i3D,8D,9D,19D,20D. The second-order valence-electron chi connectivity index (χ2n) is 12.6. The van der Waals surface area contributed by atoms with Crippen molar-refractivity contribution in [2.75, 3.05) is 0 Å². The molecule has 0 N–H and O–H groups in total. The summed E-state index contributed by atoms with van der Waals surface area (Å²) in [6.45, 7) is 0. The lowest BCUT2D eigenvalue weighted by Gasteiger charge is -2.17. The van der Waals surface area contributed by atoms with Crippen molar-refractivity contribution >= 4 is 43.6 Å². The Morgan fingerprint density at radius 1 is 0.340 bits per heavy atom. The first-order valence-corrected chi connectivity index (χ1v) is 16.8. The van der Waals surface area contributed by atoms with Crippen LogP contribution in [0.4, 0.5) is 0 Å². The number of rotatable bonds is 5. The van der Waals surface area contributed by atoms with Crippen LogP contribution in [-0.4, -0.2) is 9.13 Å². The molecule has 0 bridgehead atoms. The van der Waals surface area contributed by atoms with E-state index in [4.69, 9.17) is 6.85 Å². The molecule has 0 saturated carbocycles. The van der Waals surface area contributed by atoms with Gasteiger partial charge in [-0.2, -0.15) is 0 Å². The number of aromatic nitrogens is 2. The Kier molecular flexibility index (Phi) is 5.44. The summed E-state index contributed by atoms with van der Waals surface area (Å²) in [7, 11) is 0. The van der Waals surface area contributed by atoms with Crippen LogP contribution in [0.1, 0.15) is 6.85 Å². The SMILES string of the molecule is [2H]c1c([2H])c([2H])c(-n2c3ccc(-n4c5ccccc5c5ccccc54)cc3c3ccc(-c4c(-c5ccccc5)cccc4-c4ccccc4)cc32)c([2H])c1[2H]. The Morgan fingerprint density at radius 2 is 0.880 bits per heavy atom. The third-order valence-electron chi connectivity index (χ3n) is 9.82. The topological polar surface area (TPSA) is 9.86 Å². The smallest absolute Gasteiger partial charge is 0.0645 e. The van der Waals surface area contributed by atoms with Crippen molar-refractivity contribution in [2.24, 2.45) is 0 Å². The molecule has 0 atom stereocenters. The van der Waals surface area contributed by atoms with Gasteiger partial charge < -0.3 is 9.13 Å². The largest absolute Gasteiger partial charge is 0.309 e. The maximum Gasteiger partial charge on any atom is 0.0645 e. The van der Waals surface area contributed by atoms with Crippen LogP contribution in [0, 0.1) is 0 Å². The van der Waals surface area contributed by atoms with Crippen molar-refractivity contribution in [1.29, 1.82) is 0 Å². The summed E-state index contributed by atoms with van der Waals surface area (Å²) in [4.78, 5) is 0. The zero-order valence-electron chi connectivity index (χ0n) is 32.0. The van der Waals surface area contributed by atoms with Gasteiger partial charge in [0.25, 0.3) is 0 Å². The maximum atomic E-state index is 9.11. The first-order valence-electron chi connectivity index (χ1n) is 19.3. The molecule has 2 heterocycles. The Morgan fingerprint density at radius 3 is 1.52 bits per heavy atom. The van der Waals surface area contributed by atoms with Gasteiger partial charge in [0.05, 0.1) is 28.9 Å². The normalized spacial score (nSPS) is 13.0. The van der Waals surface area contributed by atoms with Crippen molar-refractivity contribution in [3.8, 4) is 44.8 Å². The van der Waals surface area contributed by atoms with Gasteiger partial charge in [-0.3, -0.25) is 0 Å². The molecular weight excluding hydrogens is 605 g/mol. The monoisotopic (exact) mass is 641 g/mol. The van der Waals surface area contributed by atoms with Crippen LogP contribution in [0.5, 0.6) is 0 Å². The summed E-state index contributed by atoms with van der Waals surface area (Å²) in [6, 6.07) is 54.8. The van der Waals surface area contributed by atoms with Crippen LogP contribution in [0.25, 0.3) is 88.4 Å². The number of para-hydroxylation sites is 3. The van der Waals surface area contributed by atoms with Gasteiger partial charge in [-0.25, -0.2) is 0 Å². The second kappa shape index (κ2) is 11.5. The van der Waals surface area contributed by atoms with Crippen LogP contribution in [0.3, 0.4) is 0 Å². The highest BCUT2D eigenvalue weighted by Gasteiger charge is 2.19. The zero-order valence-corrected chi connectivity index (χ0v) is 27.0. The molecule has 0 radical (unpaired) electrons. The number of fused-ring (bicyclic) bond motifs is 6. The molecule has 2 nitrogen and oxygen atoms in total. The first-order chi connectivity index (χ1) is 26.9. The van der Waals surface area contributed by atoms with Crippen molar-refractivity contribution in [2.45, 2.75) is 0 Å². The third kappa shape index (κ3) is 4.43. The Bertz CT molecular complexity index is 3000. The number of hydrogen-bond donors (Lipinski definition) is 0. The van der Waals surface area contributed by atoms with E-state index in [0.717, 1.165) is 82.7 Å². The molecule has 0 fully saturated rings. The molecule has 0 unspecified atom stereocenters. The average Bonchev–Trinajstić information content (AvgIpc) is 3.74. The second-order valence-corrected chi connectivity index (χ2v) is 12.6. The highest BCUT2D eigenvalue weighted by molar-refractivity contribution is 6.13. The van der Waals surface area contributed by atoms with Crippen LogP contribution < -0.4 is 0 Å². The summed E-state index contributed by atoms with van der Waals surface area (Å²) < 4.78 is 48.0. The number of nitrogens with zero attached hydrogens (tertiary/aromatic N) is 2. The molecular formula is C48H32N2. The van der Waals surface area contributed by atoms with Crippen molar-refractivity contribution in [1.82, 2.24) is 9.13 Å². The van der Waals surface area contributed by atoms with E-state index in [-0.39, 0.29) is 29.9 Å². The maximum absolute atomic E-state index is 9.11. The van der Waals surface area contributed by atoms with Gasteiger partial charge in [0, 0.05) is 32.9 Å². The highest BCUT2D eigenvalue weighted by Crippen LogP contribution is 2.43. The first kappa shape index (κ1) is 23.6. The molecule has 0 amide bonds. The zero-order chi connectivity index (χ0) is 37.4. The van der Waals surface area contributed by atoms with Gasteiger partial charge in [0.15, 0.2) is 0 Å². The fraction of sp³-hybridized carbons (Fsp3) is 0. The van der Waals surface area contributed by atoms with E-state index in [1.807, 2.05) is 47.0 Å². The molecule has 0 aliphatic carbocycles. The minimum atomic E-state index is -0.418. The summed E-state index contributed by atoms with van der Waals surface area (Å²) in [5, 5.41) is 4.14. The molecule has 10 aromatic rings. The molecule has 2 aromatic heterocycles. The Balaban J connectivity index is 1.31. The van der Waals surface area contributed by atoms with E-state index in [2.05, 4.69) is 126 Å². The predicted octanol–water partition coefficient (Wildman–Crippen LogP) is 12.9. The van der Waals surface area contributed by atoms with E-state index in [1.54, 1.807) is 0 Å². The van der Waals surface area contributed by atoms with Gasteiger partial charge in [0.1, 0.15) is 0 Å². The molecule has 0 spiro atoms. The van der Waals surface area contributed by atoms with Gasteiger partial charge in [-0.15, -0.1) is 0 Å². The molecule has 234 valence electrons. The lowest BCUT2D eigenvalue weighted by molar-refractivity contribution is 1.17. The van der Waals surface area contributed by atoms with Gasteiger partial charge in [-0.05, 0) is 81.9 Å². The average molecular weight is 642 g/mol. The van der Waals surface area contributed by atoms with E-state index < -0.39 is 6.04 Å². The number of hydrogen-bond acceptors (Lipinski definition) is 0. The van der Waals surface area contributed by atoms with E-state index in [0.29, 0.717) is 0 Å². The molecule has 0 aliphatic rings. The van der Waals surface area contributed by atoms with Crippen LogP contribution >= 0.6 is 0 Å². The Hall–Kier alpha value is -6.64. The van der Waals surface area contributed by atoms with E-state index in [1.165, 1.54) is 0 Å². The fourth-order valence-corrected chi connectivity index (χ4v) is 7.68. The molecule has 2 heteroatoms. The van der Waals surface area contributed by atoms with E-state index >= 15 is 0 Å². The lowest BCUT2D eigenvalue weighted by atomic mass is 9.87. The van der Waals surface area contributed by atoms with Crippen LogP contribution in [0.2, 0.25) is 0 Å². The fourth-order valence-electron chi connectivity index (χ4n) is 7.68. The van der Waals surface area contributed by atoms with E-state index in [9.17, 15) is 0 Å². The van der Waals surface area contributed by atoms with Crippen LogP contribution in [0.15, 0.2) is 194 Å². The molecule has 0 saturated heterocycles. The lowest BCUT2D eigenvalue weighted by Crippen LogP contribution is -1.96. The van der Waals surface area contributed by atoms with Crippen LogP contribution in [-0.2, 0) is 0 Å². The van der Waals surface area contributed by atoms with Crippen molar-refractivity contribution in [3.63, 3.8) is 0 Å². The number of benzene rings is 8. The molecule has 10 rings (SSSR count). The van der Waals surface area contributed by atoms with Gasteiger partial charge >= 0.3 is 0 Å². The quantitative estimate of drug-likeness (QED) is 0.177. The molecule has 0 aliphatic heterocycles.